The van der Waals surface area contributed by atoms with E-state index in [1.54, 1.807) is 0 Å². The van der Waals surface area contributed by atoms with E-state index in [2.05, 4.69) is 5.32 Å². The van der Waals surface area contributed by atoms with Gasteiger partial charge < -0.3 is 20.5 Å². The molecule has 1 amide bonds. The maximum absolute atomic E-state index is 11.6. The first-order chi connectivity index (χ1) is 7.44. The van der Waals surface area contributed by atoms with Gasteiger partial charge in [-0.1, -0.05) is 6.92 Å². The molecule has 94 valence electrons. The third-order valence-electron chi connectivity index (χ3n) is 2.62. The van der Waals surface area contributed by atoms with Gasteiger partial charge in [-0.15, -0.1) is 0 Å². The molecule has 16 heavy (non-hydrogen) atoms. The number of carbonyl (C=O) groups is 1. The first-order valence-electron chi connectivity index (χ1n) is 5.74. The van der Waals surface area contributed by atoms with Gasteiger partial charge in [-0.3, -0.25) is 4.79 Å². The number of hydrogen-bond donors (Lipinski definition) is 2. The maximum atomic E-state index is 11.6. The van der Waals surface area contributed by atoms with Crippen molar-refractivity contribution in [1.29, 1.82) is 0 Å². The molecule has 1 fully saturated rings. The fourth-order valence-corrected chi connectivity index (χ4v) is 1.63. The molecule has 0 bridgehead atoms. The van der Waals surface area contributed by atoms with Gasteiger partial charge in [0.15, 0.2) is 5.79 Å². The lowest BCUT2D eigenvalue weighted by Crippen LogP contribution is -2.37. The molecule has 0 aliphatic carbocycles. The first kappa shape index (κ1) is 13.4. The van der Waals surface area contributed by atoms with Crippen LogP contribution in [0.25, 0.3) is 0 Å². The average molecular weight is 230 g/mol. The third kappa shape index (κ3) is 4.08. The van der Waals surface area contributed by atoms with Gasteiger partial charge in [-0.2, -0.15) is 0 Å². The molecule has 0 saturated carbocycles. The van der Waals surface area contributed by atoms with E-state index in [1.807, 2.05) is 20.8 Å². The Bertz CT molecular complexity index is 243. The smallest absolute Gasteiger partial charge is 0.222 e. The van der Waals surface area contributed by atoms with Gasteiger partial charge in [-0.25, -0.2) is 0 Å². The van der Waals surface area contributed by atoms with Crippen molar-refractivity contribution in [2.24, 2.45) is 11.7 Å². The van der Waals surface area contributed by atoms with Crippen molar-refractivity contribution in [3.63, 3.8) is 0 Å². The zero-order chi connectivity index (χ0) is 12.2. The third-order valence-corrected chi connectivity index (χ3v) is 2.62. The maximum Gasteiger partial charge on any atom is 0.222 e. The Kier molecular flexibility index (Phi) is 4.70. The van der Waals surface area contributed by atoms with Gasteiger partial charge in [0.1, 0.15) is 6.10 Å². The summed E-state index contributed by atoms with van der Waals surface area (Å²) in [6.45, 7) is 7.16. The Labute approximate surface area is 96.7 Å². The van der Waals surface area contributed by atoms with Crippen LogP contribution in [-0.2, 0) is 14.3 Å². The van der Waals surface area contributed by atoms with Crippen molar-refractivity contribution < 1.29 is 14.3 Å². The van der Waals surface area contributed by atoms with Crippen molar-refractivity contribution in [1.82, 2.24) is 5.32 Å². The van der Waals surface area contributed by atoms with Gasteiger partial charge in [0.05, 0.1) is 6.61 Å². The second-order valence-electron chi connectivity index (χ2n) is 4.67. The molecule has 2 atom stereocenters. The number of rotatable bonds is 5. The van der Waals surface area contributed by atoms with Gasteiger partial charge >= 0.3 is 0 Å². The molecule has 2 unspecified atom stereocenters. The van der Waals surface area contributed by atoms with Crippen LogP contribution < -0.4 is 11.1 Å². The summed E-state index contributed by atoms with van der Waals surface area (Å²) < 4.78 is 11.0. The SMILES string of the molecule is CC(CCN)C(=O)NCC1COC(C)(C)O1. The highest BCUT2D eigenvalue weighted by molar-refractivity contribution is 5.78. The summed E-state index contributed by atoms with van der Waals surface area (Å²) in [7, 11) is 0. The second-order valence-corrected chi connectivity index (χ2v) is 4.67. The molecule has 1 heterocycles. The summed E-state index contributed by atoms with van der Waals surface area (Å²) in [5.74, 6) is -0.544. The zero-order valence-corrected chi connectivity index (χ0v) is 10.3. The Morgan fingerprint density at radius 1 is 1.62 bits per heavy atom. The van der Waals surface area contributed by atoms with Crippen LogP contribution in [0.5, 0.6) is 0 Å². The summed E-state index contributed by atoms with van der Waals surface area (Å²) in [4.78, 5) is 11.6. The monoisotopic (exact) mass is 230 g/mol. The van der Waals surface area contributed by atoms with Crippen LogP contribution in [0.2, 0.25) is 0 Å². The van der Waals surface area contributed by atoms with Crippen LogP contribution in [0.15, 0.2) is 0 Å². The van der Waals surface area contributed by atoms with E-state index in [-0.39, 0.29) is 17.9 Å². The second kappa shape index (κ2) is 5.61. The lowest BCUT2D eigenvalue weighted by Gasteiger charge is -2.18. The highest BCUT2D eigenvalue weighted by atomic mass is 16.7. The van der Waals surface area contributed by atoms with Crippen LogP contribution in [-0.4, -0.2) is 37.5 Å². The molecular formula is C11H22N2O3. The van der Waals surface area contributed by atoms with Crippen molar-refractivity contribution in [3.05, 3.63) is 0 Å². The van der Waals surface area contributed by atoms with Crippen LogP contribution in [0.3, 0.4) is 0 Å². The predicted molar refractivity (Wildman–Crippen MR) is 60.7 cm³/mol. The lowest BCUT2D eigenvalue weighted by atomic mass is 10.1. The number of hydrogen-bond acceptors (Lipinski definition) is 4. The van der Waals surface area contributed by atoms with E-state index in [1.165, 1.54) is 0 Å². The predicted octanol–water partition coefficient (Wildman–Crippen LogP) is 0.239. The summed E-state index contributed by atoms with van der Waals surface area (Å²) in [6, 6.07) is 0. The molecule has 1 aliphatic rings. The molecule has 0 aromatic heterocycles. The molecule has 3 N–H and O–H groups in total. The molecule has 1 saturated heterocycles. The molecule has 1 rings (SSSR count). The largest absolute Gasteiger partial charge is 0.353 e. The zero-order valence-electron chi connectivity index (χ0n) is 10.3. The normalized spacial score (nSPS) is 25.4. The number of ether oxygens (including phenoxy) is 2. The first-order valence-corrected chi connectivity index (χ1v) is 5.74. The van der Waals surface area contributed by atoms with E-state index < -0.39 is 5.79 Å². The van der Waals surface area contributed by atoms with Gasteiger partial charge in [0.2, 0.25) is 5.91 Å². The molecule has 0 radical (unpaired) electrons. The summed E-state index contributed by atoms with van der Waals surface area (Å²) in [5, 5.41) is 2.85. The molecule has 5 heteroatoms. The molecule has 1 aliphatic heterocycles. The van der Waals surface area contributed by atoms with Crippen molar-refractivity contribution >= 4 is 5.91 Å². The molecule has 5 nitrogen and oxygen atoms in total. The van der Waals surface area contributed by atoms with E-state index in [0.29, 0.717) is 26.1 Å². The summed E-state index contributed by atoms with van der Waals surface area (Å²) in [5.41, 5.74) is 5.40. The lowest BCUT2D eigenvalue weighted by molar-refractivity contribution is -0.140. The topological polar surface area (TPSA) is 73.6 Å². The van der Waals surface area contributed by atoms with Crippen LogP contribution in [0.1, 0.15) is 27.2 Å². The van der Waals surface area contributed by atoms with Gasteiger partial charge in [-0.05, 0) is 26.8 Å². The van der Waals surface area contributed by atoms with Crippen molar-refractivity contribution in [3.8, 4) is 0 Å². The van der Waals surface area contributed by atoms with Crippen LogP contribution >= 0.6 is 0 Å². The number of amides is 1. The molecule has 0 spiro atoms. The highest BCUT2D eigenvalue weighted by Crippen LogP contribution is 2.21. The number of nitrogens with two attached hydrogens (primary N) is 1. The van der Waals surface area contributed by atoms with E-state index in [4.69, 9.17) is 15.2 Å². The average Bonchev–Trinajstić information content (AvgIpc) is 2.55. The van der Waals surface area contributed by atoms with Crippen molar-refractivity contribution in [2.45, 2.75) is 39.1 Å². The van der Waals surface area contributed by atoms with Gasteiger partial charge in [0, 0.05) is 12.5 Å². The molecule has 0 aromatic carbocycles. The summed E-state index contributed by atoms with van der Waals surface area (Å²) >= 11 is 0. The Morgan fingerprint density at radius 2 is 2.31 bits per heavy atom. The minimum atomic E-state index is -0.529. The van der Waals surface area contributed by atoms with E-state index >= 15 is 0 Å². The van der Waals surface area contributed by atoms with Crippen molar-refractivity contribution in [2.75, 3.05) is 19.7 Å². The van der Waals surface area contributed by atoms with Gasteiger partial charge in [0.25, 0.3) is 0 Å². The minimum Gasteiger partial charge on any atom is -0.353 e. The van der Waals surface area contributed by atoms with E-state index in [9.17, 15) is 4.79 Å². The highest BCUT2D eigenvalue weighted by Gasteiger charge is 2.32. The minimum absolute atomic E-state index is 0.0266. The van der Waals surface area contributed by atoms with E-state index in [0.717, 1.165) is 0 Å². The molecule has 0 aromatic rings. The Morgan fingerprint density at radius 3 is 2.81 bits per heavy atom. The number of nitrogens with one attached hydrogen (secondary N) is 1. The van der Waals surface area contributed by atoms with Crippen LogP contribution in [0.4, 0.5) is 0 Å². The number of carbonyl (C=O) groups excluding carboxylic acids is 1. The standard InChI is InChI=1S/C11H22N2O3/c1-8(4-5-12)10(14)13-6-9-7-15-11(2,3)16-9/h8-9H,4-7,12H2,1-3H3,(H,13,14). The Hall–Kier alpha value is -0.650. The quantitative estimate of drug-likeness (QED) is 0.709. The molecular weight excluding hydrogens is 208 g/mol. The fraction of sp³-hybridized carbons (Fsp3) is 0.909. The summed E-state index contributed by atoms with van der Waals surface area (Å²) in [6.07, 6.45) is 0.656. The Balaban J connectivity index is 2.22. The van der Waals surface area contributed by atoms with Crippen LogP contribution in [0, 0.1) is 5.92 Å². The fourth-order valence-electron chi connectivity index (χ4n) is 1.63.